The predicted octanol–water partition coefficient (Wildman–Crippen LogP) is 4.63. The number of phenolic OH excluding ortho intramolecular Hbond substituents is 2. The molecule has 2 aromatic carbocycles. The zero-order valence-corrected chi connectivity index (χ0v) is 13.9. The predicted molar refractivity (Wildman–Crippen MR) is 91.6 cm³/mol. The molecular formula is C19H19ClO4. The van der Waals surface area contributed by atoms with Gasteiger partial charge in [0.15, 0.2) is 0 Å². The Morgan fingerprint density at radius 3 is 2.29 bits per heavy atom. The molecular weight excluding hydrogens is 328 g/mol. The number of rotatable bonds is 3. The molecule has 0 aromatic heterocycles. The van der Waals surface area contributed by atoms with Crippen LogP contribution in [0, 0.1) is 0 Å². The van der Waals surface area contributed by atoms with Crippen molar-refractivity contribution < 1.29 is 19.7 Å². The molecule has 126 valence electrons. The average molecular weight is 347 g/mol. The molecule has 2 aromatic rings. The van der Waals surface area contributed by atoms with E-state index < -0.39 is 0 Å². The molecule has 0 saturated heterocycles. The SMILES string of the molecule is O=C(OC1CCC(c2ccc(O)cc2O)CC1)c1ccc(Cl)cc1. The average Bonchev–Trinajstić information content (AvgIpc) is 2.56. The van der Waals surface area contributed by atoms with E-state index in [4.69, 9.17) is 16.3 Å². The third-order valence-corrected chi connectivity index (χ3v) is 4.73. The molecule has 1 aliphatic rings. The lowest BCUT2D eigenvalue weighted by molar-refractivity contribution is 0.0194. The maximum atomic E-state index is 12.1. The highest BCUT2D eigenvalue weighted by molar-refractivity contribution is 6.30. The number of hydrogen-bond donors (Lipinski definition) is 2. The number of phenols is 2. The van der Waals surface area contributed by atoms with E-state index in [1.807, 2.05) is 0 Å². The van der Waals surface area contributed by atoms with Gasteiger partial charge in [-0.3, -0.25) is 0 Å². The number of benzene rings is 2. The van der Waals surface area contributed by atoms with Crippen molar-refractivity contribution in [3.8, 4) is 11.5 Å². The van der Waals surface area contributed by atoms with Gasteiger partial charge in [0.25, 0.3) is 0 Å². The maximum absolute atomic E-state index is 12.1. The highest BCUT2D eigenvalue weighted by atomic mass is 35.5. The fourth-order valence-electron chi connectivity index (χ4n) is 3.17. The van der Waals surface area contributed by atoms with Crippen LogP contribution in [0.1, 0.15) is 47.5 Å². The second-order valence-electron chi connectivity index (χ2n) is 6.13. The Bertz CT molecular complexity index is 719. The van der Waals surface area contributed by atoms with Crippen molar-refractivity contribution in [1.29, 1.82) is 0 Å². The highest BCUT2D eigenvalue weighted by Crippen LogP contribution is 2.39. The first-order valence-corrected chi connectivity index (χ1v) is 8.39. The monoisotopic (exact) mass is 346 g/mol. The summed E-state index contributed by atoms with van der Waals surface area (Å²) in [5.41, 5.74) is 1.34. The van der Waals surface area contributed by atoms with Crippen LogP contribution in [0.15, 0.2) is 42.5 Å². The molecule has 24 heavy (non-hydrogen) atoms. The smallest absolute Gasteiger partial charge is 0.338 e. The molecule has 0 aliphatic heterocycles. The van der Waals surface area contributed by atoms with Crippen molar-refractivity contribution in [3.05, 3.63) is 58.6 Å². The van der Waals surface area contributed by atoms with Crippen molar-refractivity contribution in [1.82, 2.24) is 0 Å². The van der Waals surface area contributed by atoms with Gasteiger partial charge < -0.3 is 14.9 Å². The van der Waals surface area contributed by atoms with Gasteiger partial charge in [-0.2, -0.15) is 0 Å². The van der Waals surface area contributed by atoms with Gasteiger partial charge in [-0.25, -0.2) is 4.79 Å². The van der Waals surface area contributed by atoms with Crippen LogP contribution in [0.2, 0.25) is 5.02 Å². The second-order valence-corrected chi connectivity index (χ2v) is 6.57. The number of halogens is 1. The van der Waals surface area contributed by atoms with Crippen LogP contribution in [0.25, 0.3) is 0 Å². The van der Waals surface area contributed by atoms with Gasteiger partial charge in [-0.15, -0.1) is 0 Å². The summed E-state index contributed by atoms with van der Waals surface area (Å²) < 4.78 is 5.57. The van der Waals surface area contributed by atoms with Crippen molar-refractivity contribution >= 4 is 17.6 Å². The number of carbonyl (C=O) groups is 1. The summed E-state index contributed by atoms with van der Waals surface area (Å²) in [6.07, 6.45) is 3.06. The Labute approximate surface area is 145 Å². The van der Waals surface area contributed by atoms with Crippen molar-refractivity contribution in [3.63, 3.8) is 0 Å². The van der Waals surface area contributed by atoms with Gasteiger partial charge in [0.1, 0.15) is 17.6 Å². The normalized spacial score (nSPS) is 20.5. The third-order valence-electron chi connectivity index (χ3n) is 4.48. The zero-order valence-electron chi connectivity index (χ0n) is 13.1. The molecule has 0 radical (unpaired) electrons. The van der Waals surface area contributed by atoms with E-state index in [1.165, 1.54) is 6.07 Å². The Kier molecular flexibility index (Phi) is 4.95. The van der Waals surface area contributed by atoms with Gasteiger partial charge in [-0.05, 0) is 67.5 Å². The highest BCUT2D eigenvalue weighted by Gasteiger charge is 2.26. The van der Waals surface area contributed by atoms with Gasteiger partial charge in [0.2, 0.25) is 0 Å². The van der Waals surface area contributed by atoms with E-state index in [1.54, 1.807) is 36.4 Å². The van der Waals surface area contributed by atoms with E-state index in [0.717, 1.165) is 31.2 Å². The Morgan fingerprint density at radius 1 is 1.00 bits per heavy atom. The summed E-state index contributed by atoms with van der Waals surface area (Å²) in [5.74, 6) is 0.0668. The molecule has 3 rings (SSSR count). The Balaban J connectivity index is 1.57. The van der Waals surface area contributed by atoms with Gasteiger partial charge >= 0.3 is 5.97 Å². The Hall–Kier alpha value is -2.20. The molecule has 0 bridgehead atoms. The molecule has 1 saturated carbocycles. The van der Waals surface area contributed by atoms with Crippen LogP contribution >= 0.6 is 11.6 Å². The fourth-order valence-corrected chi connectivity index (χ4v) is 3.30. The molecule has 0 spiro atoms. The molecule has 0 atom stereocenters. The lowest BCUT2D eigenvalue weighted by Crippen LogP contribution is -2.24. The molecule has 1 aliphatic carbocycles. The van der Waals surface area contributed by atoms with Gasteiger partial charge in [0, 0.05) is 11.1 Å². The van der Waals surface area contributed by atoms with Crippen LogP contribution in [0.5, 0.6) is 11.5 Å². The van der Waals surface area contributed by atoms with Crippen LogP contribution in [-0.2, 0) is 4.74 Å². The molecule has 0 unspecified atom stereocenters. The first kappa shape index (κ1) is 16.7. The topological polar surface area (TPSA) is 66.8 Å². The number of hydrogen-bond acceptors (Lipinski definition) is 4. The van der Waals surface area contributed by atoms with Crippen LogP contribution < -0.4 is 0 Å². The summed E-state index contributed by atoms with van der Waals surface area (Å²) in [6, 6.07) is 11.4. The van der Waals surface area contributed by atoms with Crippen LogP contribution in [0.3, 0.4) is 0 Å². The second kappa shape index (κ2) is 7.14. The van der Waals surface area contributed by atoms with Crippen LogP contribution in [0.4, 0.5) is 0 Å². The number of aromatic hydroxyl groups is 2. The lowest BCUT2D eigenvalue weighted by atomic mass is 9.82. The lowest BCUT2D eigenvalue weighted by Gasteiger charge is -2.29. The molecule has 5 heteroatoms. The molecule has 1 fully saturated rings. The summed E-state index contributed by atoms with van der Waals surface area (Å²) in [6.45, 7) is 0. The van der Waals surface area contributed by atoms with E-state index in [0.29, 0.717) is 10.6 Å². The molecule has 4 nitrogen and oxygen atoms in total. The molecule has 2 N–H and O–H groups in total. The maximum Gasteiger partial charge on any atom is 0.338 e. The summed E-state index contributed by atoms with van der Waals surface area (Å²) in [5, 5.41) is 19.9. The first-order chi connectivity index (χ1) is 11.5. The van der Waals surface area contributed by atoms with Crippen molar-refractivity contribution in [2.24, 2.45) is 0 Å². The fraction of sp³-hybridized carbons (Fsp3) is 0.316. The van der Waals surface area contributed by atoms with E-state index >= 15 is 0 Å². The quantitative estimate of drug-likeness (QED) is 0.795. The van der Waals surface area contributed by atoms with Gasteiger partial charge in [-0.1, -0.05) is 17.7 Å². The first-order valence-electron chi connectivity index (χ1n) is 8.01. The summed E-state index contributed by atoms with van der Waals surface area (Å²) in [4.78, 5) is 12.1. The largest absolute Gasteiger partial charge is 0.508 e. The van der Waals surface area contributed by atoms with Crippen molar-refractivity contribution in [2.45, 2.75) is 37.7 Å². The standard InChI is InChI=1S/C19H19ClO4/c20-14-5-1-13(2-6-14)19(23)24-16-8-3-12(4-9-16)17-10-7-15(21)11-18(17)22/h1-2,5-7,10-12,16,21-22H,3-4,8-9H2. The van der Waals surface area contributed by atoms with Gasteiger partial charge in [0.05, 0.1) is 5.56 Å². The summed E-state index contributed by atoms with van der Waals surface area (Å²) >= 11 is 5.82. The number of esters is 1. The van der Waals surface area contributed by atoms with Crippen molar-refractivity contribution in [2.75, 3.05) is 0 Å². The third kappa shape index (κ3) is 3.82. The zero-order chi connectivity index (χ0) is 17.1. The van der Waals surface area contributed by atoms with E-state index in [2.05, 4.69) is 0 Å². The van der Waals surface area contributed by atoms with E-state index in [9.17, 15) is 15.0 Å². The Morgan fingerprint density at radius 2 is 1.67 bits per heavy atom. The number of ether oxygens (including phenoxy) is 1. The molecule has 0 heterocycles. The summed E-state index contributed by atoms with van der Waals surface area (Å²) in [7, 11) is 0. The minimum absolute atomic E-state index is 0.0573. The minimum atomic E-state index is -0.331. The van der Waals surface area contributed by atoms with E-state index in [-0.39, 0.29) is 29.5 Å². The van der Waals surface area contributed by atoms with Crippen LogP contribution in [-0.4, -0.2) is 22.3 Å². The minimum Gasteiger partial charge on any atom is -0.508 e. The number of carbonyl (C=O) groups excluding carboxylic acids is 1. The molecule has 0 amide bonds.